The number of furan rings is 1. The minimum absolute atomic E-state index is 0.0885. The first-order valence-electron chi connectivity index (χ1n) is 12.1. The van der Waals surface area contributed by atoms with Crippen molar-refractivity contribution in [2.24, 2.45) is 0 Å². The third-order valence-corrected chi connectivity index (χ3v) is 6.35. The van der Waals surface area contributed by atoms with Crippen LogP contribution in [0.5, 0.6) is 5.75 Å². The molecule has 0 unspecified atom stereocenters. The van der Waals surface area contributed by atoms with Crippen LogP contribution >= 0.6 is 0 Å². The predicted octanol–water partition coefficient (Wildman–Crippen LogP) is 3.85. The fraction of sp³-hybridized carbons (Fsp3) is 0.321. The molecule has 0 radical (unpaired) electrons. The Labute approximate surface area is 210 Å². The number of amides is 3. The number of nitrogens with zero attached hydrogens (tertiary/aromatic N) is 1. The molecule has 3 aromatic rings. The van der Waals surface area contributed by atoms with E-state index >= 15 is 0 Å². The van der Waals surface area contributed by atoms with Gasteiger partial charge in [-0.15, -0.1) is 0 Å². The molecule has 0 saturated heterocycles. The van der Waals surface area contributed by atoms with E-state index in [4.69, 9.17) is 9.15 Å². The second-order valence-corrected chi connectivity index (χ2v) is 8.83. The molecule has 1 aliphatic rings. The van der Waals surface area contributed by atoms with Gasteiger partial charge in [0.05, 0.1) is 19.9 Å². The standard InChI is InChI=1S/C28H31N3O5/c1-35-23-15-13-21(14-16-23)26(28(34)30-22-10-5-6-11-22)31(19-20-8-3-2-4-9-20)25(32)18-29-27(33)24-12-7-17-36-24/h2-4,7-9,12-17,22,26H,5-6,10-11,18-19H2,1H3,(H,29,33)(H,30,34)/t26-/m1/s1. The van der Waals surface area contributed by atoms with Crippen LogP contribution in [0.15, 0.2) is 77.4 Å². The van der Waals surface area contributed by atoms with Crippen LogP contribution in [0.4, 0.5) is 0 Å². The molecule has 0 bridgehead atoms. The van der Waals surface area contributed by atoms with Gasteiger partial charge in [-0.05, 0) is 48.2 Å². The summed E-state index contributed by atoms with van der Waals surface area (Å²) in [7, 11) is 1.58. The molecule has 1 atom stereocenters. The molecule has 0 aliphatic heterocycles. The lowest BCUT2D eigenvalue weighted by atomic mass is 10.0. The minimum atomic E-state index is -0.885. The molecule has 1 aromatic heterocycles. The van der Waals surface area contributed by atoms with Crippen LogP contribution in [0.25, 0.3) is 0 Å². The minimum Gasteiger partial charge on any atom is -0.497 e. The second kappa shape index (κ2) is 12.1. The largest absolute Gasteiger partial charge is 0.497 e. The topological polar surface area (TPSA) is 101 Å². The van der Waals surface area contributed by atoms with Crippen LogP contribution in [-0.2, 0) is 16.1 Å². The van der Waals surface area contributed by atoms with Crippen molar-refractivity contribution in [1.29, 1.82) is 0 Å². The number of benzene rings is 2. The first-order valence-corrected chi connectivity index (χ1v) is 12.1. The molecule has 3 amide bonds. The zero-order valence-corrected chi connectivity index (χ0v) is 20.3. The normalized spacial score (nSPS) is 14.1. The van der Waals surface area contributed by atoms with Gasteiger partial charge >= 0.3 is 0 Å². The third-order valence-electron chi connectivity index (χ3n) is 6.35. The van der Waals surface area contributed by atoms with Gasteiger partial charge < -0.3 is 24.7 Å². The fourth-order valence-corrected chi connectivity index (χ4v) is 4.47. The maximum absolute atomic E-state index is 13.7. The van der Waals surface area contributed by atoms with Gasteiger partial charge in [0, 0.05) is 12.6 Å². The fourth-order valence-electron chi connectivity index (χ4n) is 4.47. The van der Waals surface area contributed by atoms with E-state index in [9.17, 15) is 14.4 Å². The Balaban J connectivity index is 1.63. The van der Waals surface area contributed by atoms with Crippen molar-refractivity contribution in [3.63, 3.8) is 0 Å². The monoisotopic (exact) mass is 489 g/mol. The van der Waals surface area contributed by atoms with Crippen LogP contribution < -0.4 is 15.4 Å². The number of hydrogen-bond donors (Lipinski definition) is 2. The first kappa shape index (κ1) is 25.0. The lowest BCUT2D eigenvalue weighted by Crippen LogP contribution is -2.48. The van der Waals surface area contributed by atoms with E-state index in [0.29, 0.717) is 11.3 Å². The molecule has 4 rings (SSSR count). The molecular formula is C28H31N3O5. The van der Waals surface area contributed by atoms with Crippen LogP contribution in [0.3, 0.4) is 0 Å². The Hall–Kier alpha value is -4.07. The molecule has 1 fully saturated rings. The molecule has 1 saturated carbocycles. The Morgan fingerprint density at radius 3 is 2.36 bits per heavy atom. The van der Waals surface area contributed by atoms with E-state index in [-0.39, 0.29) is 36.7 Å². The molecule has 8 nitrogen and oxygen atoms in total. The summed E-state index contributed by atoms with van der Waals surface area (Å²) in [5, 5.41) is 5.76. The average molecular weight is 490 g/mol. The van der Waals surface area contributed by atoms with E-state index < -0.39 is 11.9 Å². The number of nitrogens with one attached hydrogen (secondary N) is 2. The van der Waals surface area contributed by atoms with E-state index in [2.05, 4.69) is 10.6 Å². The molecule has 8 heteroatoms. The number of methoxy groups -OCH3 is 1. The summed E-state index contributed by atoms with van der Waals surface area (Å²) in [4.78, 5) is 41.2. The van der Waals surface area contributed by atoms with Crippen LogP contribution in [0, 0.1) is 0 Å². The lowest BCUT2D eigenvalue weighted by molar-refractivity contribution is -0.141. The highest BCUT2D eigenvalue weighted by Crippen LogP contribution is 2.27. The Bertz CT molecular complexity index is 1140. The quantitative estimate of drug-likeness (QED) is 0.451. The Kier molecular flexibility index (Phi) is 8.39. The summed E-state index contributed by atoms with van der Waals surface area (Å²) in [6.07, 6.45) is 5.39. The highest BCUT2D eigenvalue weighted by Gasteiger charge is 2.33. The summed E-state index contributed by atoms with van der Waals surface area (Å²) in [6, 6.07) is 18.9. The van der Waals surface area contributed by atoms with Crippen LogP contribution in [-0.4, -0.2) is 42.3 Å². The number of carbonyl (C=O) groups is 3. The highest BCUT2D eigenvalue weighted by atomic mass is 16.5. The zero-order valence-electron chi connectivity index (χ0n) is 20.3. The summed E-state index contributed by atoms with van der Waals surface area (Å²) in [5.41, 5.74) is 1.53. The van der Waals surface area contributed by atoms with E-state index in [1.54, 1.807) is 37.4 Å². The number of ether oxygens (including phenoxy) is 1. The van der Waals surface area contributed by atoms with Gasteiger partial charge in [-0.2, -0.15) is 0 Å². The lowest BCUT2D eigenvalue weighted by Gasteiger charge is -2.32. The molecule has 36 heavy (non-hydrogen) atoms. The van der Waals surface area contributed by atoms with Crippen LogP contribution in [0.2, 0.25) is 0 Å². The van der Waals surface area contributed by atoms with Crippen molar-refractivity contribution in [2.45, 2.75) is 44.3 Å². The predicted molar refractivity (Wildman–Crippen MR) is 134 cm³/mol. The van der Waals surface area contributed by atoms with Gasteiger partial charge in [-0.3, -0.25) is 14.4 Å². The number of rotatable bonds is 10. The number of hydrogen-bond acceptors (Lipinski definition) is 5. The summed E-state index contributed by atoms with van der Waals surface area (Å²) < 4.78 is 10.4. The average Bonchev–Trinajstić information content (AvgIpc) is 3.63. The van der Waals surface area contributed by atoms with Crippen molar-refractivity contribution in [1.82, 2.24) is 15.5 Å². The summed E-state index contributed by atoms with van der Waals surface area (Å²) >= 11 is 0. The molecule has 2 aromatic carbocycles. The van der Waals surface area contributed by atoms with Gasteiger partial charge in [0.15, 0.2) is 5.76 Å². The van der Waals surface area contributed by atoms with Gasteiger partial charge in [0.2, 0.25) is 11.8 Å². The van der Waals surface area contributed by atoms with Gasteiger partial charge in [-0.1, -0.05) is 55.3 Å². The molecule has 1 heterocycles. The van der Waals surface area contributed by atoms with Gasteiger partial charge in [0.1, 0.15) is 11.8 Å². The molecule has 1 aliphatic carbocycles. The molecule has 2 N–H and O–H groups in total. The van der Waals surface area contributed by atoms with Crippen molar-refractivity contribution in [3.05, 3.63) is 89.9 Å². The zero-order chi connectivity index (χ0) is 25.3. The molecule has 0 spiro atoms. The van der Waals surface area contributed by atoms with Gasteiger partial charge in [-0.25, -0.2) is 0 Å². The van der Waals surface area contributed by atoms with E-state index in [1.807, 2.05) is 30.3 Å². The maximum Gasteiger partial charge on any atom is 0.287 e. The van der Waals surface area contributed by atoms with E-state index in [1.165, 1.54) is 17.2 Å². The summed E-state index contributed by atoms with van der Waals surface area (Å²) in [6.45, 7) is -0.0825. The number of carbonyl (C=O) groups excluding carboxylic acids is 3. The third kappa shape index (κ3) is 6.33. The second-order valence-electron chi connectivity index (χ2n) is 8.83. The van der Waals surface area contributed by atoms with Crippen molar-refractivity contribution >= 4 is 17.7 Å². The first-order chi connectivity index (χ1) is 17.5. The Morgan fingerprint density at radius 2 is 1.72 bits per heavy atom. The van der Waals surface area contributed by atoms with Crippen molar-refractivity contribution < 1.29 is 23.5 Å². The SMILES string of the molecule is COc1ccc([C@H](C(=O)NC2CCCC2)N(Cc2ccccc2)C(=O)CNC(=O)c2ccco2)cc1. The van der Waals surface area contributed by atoms with Gasteiger partial charge in [0.25, 0.3) is 5.91 Å². The van der Waals surface area contributed by atoms with Crippen molar-refractivity contribution in [3.8, 4) is 5.75 Å². The van der Waals surface area contributed by atoms with E-state index in [0.717, 1.165) is 31.2 Å². The highest BCUT2D eigenvalue weighted by molar-refractivity contribution is 5.95. The summed E-state index contributed by atoms with van der Waals surface area (Å²) in [5.74, 6) is -0.359. The smallest absolute Gasteiger partial charge is 0.287 e. The van der Waals surface area contributed by atoms with Crippen LogP contribution in [0.1, 0.15) is 53.4 Å². The Morgan fingerprint density at radius 1 is 1.00 bits per heavy atom. The van der Waals surface area contributed by atoms with Crippen molar-refractivity contribution in [2.75, 3.05) is 13.7 Å². The molecular weight excluding hydrogens is 458 g/mol. The maximum atomic E-state index is 13.7. The molecule has 188 valence electrons.